The fourth-order valence-electron chi connectivity index (χ4n) is 10.4. The minimum Gasteiger partial charge on any atom is -0.488 e. The van der Waals surface area contributed by atoms with Gasteiger partial charge in [-0.3, -0.25) is 14.4 Å². The molecule has 2 aromatic heterocycles. The van der Waals surface area contributed by atoms with Gasteiger partial charge in [-0.15, -0.1) is 0 Å². The number of aromatic amines is 2. The number of likely N-dealkylation sites (tertiary alicyclic amines) is 2. The summed E-state index contributed by atoms with van der Waals surface area (Å²) >= 11 is 0. The van der Waals surface area contributed by atoms with E-state index in [9.17, 15) is 19.2 Å². The fraction of sp³-hybridized carbons (Fsp3) is 0.489. The number of carbonyl (C=O) groups is 4. The molecule has 0 aliphatic carbocycles. The summed E-state index contributed by atoms with van der Waals surface area (Å²) in [5, 5.41) is 7.63. The summed E-state index contributed by atoms with van der Waals surface area (Å²) in [5.74, 6) is 1.71. The van der Waals surface area contributed by atoms with Gasteiger partial charge < -0.3 is 45.6 Å². The van der Waals surface area contributed by atoms with E-state index in [1.165, 1.54) is 6.92 Å². The molecule has 326 valence electrons. The van der Waals surface area contributed by atoms with Crippen molar-refractivity contribution in [2.75, 3.05) is 13.2 Å². The summed E-state index contributed by atoms with van der Waals surface area (Å²) in [7, 11) is 0. The zero-order valence-electron chi connectivity index (χ0n) is 36.1. The topological polar surface area (TPSA) is 201 Å². The van der Waals surface area contributed by atoms with Crippen LogP contribution >= 0.6 is 0 Å². The van der Waals surface area contributed by atoms with E-state index in [1.807, 2.05) is 35.9 Å². The molecule has 6 atom stereocenters. The van der Waals surface area contributed by atoms with Crippen LogP contribution in [0.15, 0.2) is 48.7 Å². The normalized spacial score (nSPS) is 22.4. The second-order valence-corrected chi connectivity index (χ2v) is 17.9. The van der Waals surface area contributed by atoms with E-state index in [1.54, 1.807) is 0 Å². The molecule has 5 aromatic rings. The number of urea groups is 1. The second kappa shape index (κ2) is 16.7. The average Bonchev–Trinajstić information content (AvgIpc) is 4.09. The van der Waals surface area contributed by atoms with Crippen LogP contribution in [0.4, 0.5) is 4.79 Å². The fourth-order valence-corrected chi connectivity index (χ4v) is 10.4. The monoisotopic (exact) mass is 843 g/mol. The van der Waals surface area contributed by atoms with Gasteiger partial charge in [-0.05, 0) is 110 Å². The first-order chi connectivity index (χ1) is 29.9. The molecular weight excluding hydrogens is 787 g/mol. The highest BCUT2D eigenvalue weighted by molar-refractivity contribution is 6.07. The summed E-state index contributed by atoms with van der Waals surface area (Å²) in [6.45, 7) is 11.0. The highest BCUT2D eigenvalue weighted by atomic mass is 16.5. The predicted octanol–water partition coefficient (Wildman–Crippen LogP) is 6.78. The smallest absolute Gasteiger partial charge is 0.312 e. The molecule has 6 N–H and O–H groups in total. The van der Waals surface area contributed by atoms with Crippen LogP contribution in [0.5, 0.6) is 5.75 Å². The number of benzene rings is 3. The average molecular weight is 844 g/mol. The predicted molar refractivity (Wildman–Crippen MR) is 235 cm³/mol. The number of aromatic nitrogens is 4. The molecule has 0 spiro atoms. The number of ether oxygens (including phenoxy) is 2. The first kappa shape index (κ1) is 41.4. The quantitative estimate of drug-likeness (QED) is 0.101. The lowest BCUT2D eigenvalue weighted by molar-refractivity contribution is -0.140. The van der Waals surface area contributed by atoms with Crippen molar-refractivity contribution in [1.82, 2.24) is 40.4 Å². The van der Waals surface area contributed by atoms with E-state index in [0.717, 1.165) is 99.3 Å². The van der Waals surface area contributed by atoms with Crippen LogP contribution in [-0.2, 0) is 25.7 Å². The lowest BCUT2D eigenvalue weighted by atomic mass is 9.90. The third-order valence-corrected chi connectivity index (χ3v) is 13.6. The van der Waals surface area contributed by atoms with Gasteiger partial charge in [-0.2, -0.15) is 0 Å². The van der Waals surface area contributed by atoms with Crippen molar-refractivity contribution >= 4 is 45.6 Å². The molecule has 0 radical (unpaired) electrons. The second-order valence-electron chi connectivity index (χ2n) is 17.9. The molecule has 15 nitrogen and oxygen atoms in total. The van der Waals surface area contributed by atoms with Crippen molar-refractivity contribution in [3.8, 4) is 28.1 Å². The molecule has 9 rings (SSSR count). The van der Waals surface area contributed by atoms with E-state index in [-0.39, 0.29) is 53.7 Å². The van der Waals surface area contributed by atoms with E-state index in [4.69, 9.17) is 25.2 Å². The molecule has 5 amide bonds. The molecule has 6 unspecified atom stereocenters. The van der Waals surface area contributed by atoms with Gasteiger partial charge in [0.1, 0.15) is 36.1 Å². The maximum atomic E-state index is 14.4. The molecular formula is C47H57N9O6. The van der Waals surface area contributed by atoms with Crippen LogP contribution in [-0.4, -0.2) is 90.9 Å². The largest absolute Gasteiger partial charge is 0.488 e. The standard InChI is InChI=1S/C47H57N9O6/c1-6-31-10-14-38(56(31)46(59)41(54-47(48)60)27-15-17-61-18-16-27)44-51-35-12-9-28-20-34-32-11-8-29(19-30(32)23-62-39(34)21-33(28)42(35)53-44)36-22-49-43(52-36)37-13-7-25(4)55(37)45(58)40(24(2)3)50-26(5)57/h8-9,11-12,19-22,24-25,27,31,37-38,40-41H,6-7,10,13-18,23H2,1-5H3,(H,49,52)(H,50,57)(H,51,53)(H3,48,54,60). The third-order valence-electron chi connectivity index (χ3n) is 13.6. The van der Waals surface area contributed by atoms with Gasteiger partial charge in [0, 0.05) is 43.2 Å². The zero-order valence-corrected chi connectivity index (χ0v) is 36.1. The first-order valence-corrected chi connectivity index (χ1v) is 22.2. The number of nitrogens with one attached hydrogen (secondary N) is 4. The number of carbonyl (C=O) groups excluding carboxylic acids is 4. The lowest BCUT2D eigenvalue weighted by Crippen LogP contribution is -2.55. The molecule has 3 saturated heterocycles. The Morgan fingerprint density at radius 2 is 1.66 bits per heavy atom. The Balaban J connectivity index is 0.976. The summed E-state index contributed by atoms with van der Waals surface area (Å²) in [4.78, 5) is 73.3. The number of hydrogen-bond donors (Lipinski definition) is 5. The summed E-state index contributed by atoms with van der Waals surface area (Å²) < 4.78 is 12.0. The third kappa shape index (κ3) is 7.54. The van der Waals surface area contributed by atoms with Gasteiger partial charge in [0.2, 0.25) is 17.7 Å². The van der Waals surface area contributed by atoms with Crippen molar-refractivity contribution in [3.05, 3.63) is 65.9 Å². The highest BCUT2D eigenvalue weighted by Gasteiger charge is 2.44. The van der Waals surface area contributed by atoms with Gasteiger partial charge >= 0.3 is 6.03 Å². The maximum Gasteiger partial charge on any atom is 0.312 e. The molecule has 6 heterocycles. The van der Waals surface area contributed by atoms with Gasteiger partial charge in [-0.1, -0.05) is 39.0 Å². The van der Waals surface area contributed by atoms with E-state index < -0.39 is 18.1 Å². The number of nitrogens with zero attached hydrogens (tertiary/aromatic N) is 4. The molecule has 4 aliphatic heterocycles. The Labute approximate surface area is 360 Å². The summed E-state index contributed by atoms with van der Waals surface area (Å²) in [6.07, 6.45) is 7.21. The van der Waals surface area contributed by atoms with E-state index >= 15 is 0 Å². The van der Waals surface area contributed by atoms with Crippen molar-refractivity contribution in [2.24, 2.45) is 17.6 Å². The van der Waals surface area contributed by atoms with Crippen molar-refractivity contribution in [3.63, 3.8) is 0 Å². The van der Waals surface area contributed by atoms with Crippen LogP contribution in [0.1, 0.15) is 109 Å². The number of H-pyrrole nitrogens is 2. The Kier molecular flexibility index (Phi) is 11.2. The van der Waals surface area contributed by atoms with Gasteiger partial charge in [0.15, 0.2) is 0 Å². The van der Waals surface area contributed by atoms with Gasteiger partial charge in [-0.25, -0.2) is 14.8 Å². The van der Waals surface area contributed by atoms with Crippen molar-refractivity contribution in [2.45, 2.75) is 122 Å². The van der Waals surface area contributed by atoms with Crippen molar-refractivity contribution in [1.29, 1.82) is 0 Å². The number of fused-ring (bicyclic) bond motifs is 6. The number of amides is 5. The number of nitrogens with two attached hydrogens (primary N) is 1. The Hall–Kier alpha value is -5.96. The summed E-state index contributed by atoms with van der Waals surface area (Å²) in [6, 6.07) is 12.3. The Morgan fingerprint density at radius 1 is 0.887 bits per heavy atom. The van der Waals surface area contributed by atoms with E-state index in [2.05, 4.69) is 70.8 Å². The molecule has 3 fully saturated rings. The lowest BCUT2D eigenvalue weighted by Gasteiger charge is -2.36. The van der Waals surface area contributed by atoms with Crippen LogP contribution in [0.2, 0.25) is 0 Å². The minimum atomic E-state index is -0.722. The van der Waals surface area contributed by atoms with Gasteiger partial charge in [0.05, 0.1) is 35.0 Å². The Bertz CT molecular complexity index is 2540. The molecule has 4 aliphatic rings. The number of primary amides is 1. The molecule has 0 saturated carbocycles. The van der Waals surface area contributed by atoms with Crippen LogP contribution in [0.25, 0.3) is 44.2 Å². The summed E-state index contributed by atoms with van der Waals surface area (Å²) in [5.41, 5.74) is 12.3. The molecule has 15 heteroatoms. The number of imidazole rings is 2. The van der Waals surface area contributed by atoms with Crippen molar-refractivity contribution < 1.29 is 28.7 Å². The molecule has 3 aromatic carbocycles. The highest BCUT2D eigenvalue weighted by Crippen LogP contribution is 2.44. The Morgan fingerprint density at radius 3 is 2.40 bits per heavy atom. The van der Waals surface area contributed by atoms with Crippen LogP contribution in [0, 0.1) is 11.8 Å². The first-order valence-electron chi connectivity index (χ1n) is 22.2. The van der Waals surface area contributed by atoms with E-state index in [0.29, 0.717) is 32.7 Å². The SMILES string of the molecule is CCC1CCC(c2nc3c(ccc4cc5c(cc43)OCc3cc(-c4cnc(C6CCC(C)N6C(=O)C(NC(C)=O)C(C)C)[nH]4)ccc3-5)[nH]2)N1C(=O)C(NC(N)=O)C1CCOCC1. The van der Waals surface area contributed by atoms with Crippen LogP contribution < -0.4 is 21.1 Å². The van der Waals surface area contributed by atoms with Crippen LogP contribution in [0.3, 0.4) is 0 Å². The van der Waals surface area contributed by atoms with Gasteiger partial charge in [0.25, 0.3) is 0 Å². The maximum absolute atomic E-state index is 14.4. The number of rotatable bonds is 10. The number of hydrogen-bond acceptors (Lipinski definition) is 8. The minimum absolute atomic E-state index is 0.0164. The molecule has 0 bridgehead atoms. The zero-order chi connectivity index (χ0) is 43.4. The molecule has 62 heavy (non-hydrogen) atoms.